The maximum Gasteiger partial charge on any atom is 0.0453 e. The molecule has 2 aromatic carbocycles. The molecule has 0 saturated carbocycles. The molecule has 82 valence electrons. The van der Waals surface area contributed by atoms with E-state index in [0.717, 1.165) is 17.0 Å². The molecule has 0 unspecified atom stereocenters. The topological polar surface area (TPSA) is 26.0 Å². The molecule has 0 aliphatic rings. The number of halogens is 1. The summed E-state index contributed by atoms with van der Waals surface area (Å²) < 4.78 is 0. The largest absolute Gasteiger partial charge is 0.324 e. The predicted molar refractivity (Wildman–Crippen MR) is 68.5 cm³/mol. The van der Waals surface area contributed by atoms with Gasteiger partial charge in [0.05, 0.1) is 0 Å². The third-order valence-corrected chi connectivity index (χ3v) is 2.95. The van der Waals surface area contributed by atoms with E-state index >= 15 is 0 Å². The molecule has 16 heavy (non-hydrogen) atoms. The van der Waals surface area contributed by atoms with E-state index in [9.17, 15) is 0 Å². The van der Waals surface area contributed by atoms with Gasteiger partial charge in [0, 0.05) is 11.1 Å². The molecule has 0 bridgehead atoms. The summed E-state index contributed by atoms with van der Waals surface area (Å²) in [4.78, 5) is 0. The third kappa shape index (κ3) is 2.63. The number of nitrogens with two attached hydrogens (primary N) is 1. The summed E-state index contributed by atoms with van der Waals surface area (Å²) in [7, 11) is 0. The van der Waals surface area contributed by atoms with Crippen molar-refractivity contribution >= 4 is 11.6 Å². The van der Waals surface area contributed by atoms with Crippen LogP contribution in [-0.2, 0) is 6.42 Å². The second kappa shape index (κ2) is 5.15. The molecule has 1 atom stereocenters. The molecular formula is C14H14ClN. The highest BCUT2D eigenvalue weighted by molar-refractivity contribution is 6.31. The minimum Gasteiger partial charge on any atom is -0.324 e. The van der Waals surface area contributed by atoms with Crippen LogP contribution in [0, 0.1) is 0 Å². The molecule has 1 nitrogen and oxygen atoms in total. The Morgan fingerprint density at radius 1 is 0.938 bits per heavy atom. The predicted octanol–water partition coefficient (Wildman–Crippen LogP) is 3.58. The molecule has 0 aliphatic carbocycles. The molecule has 2 heteroatoms. The fourth-order valence-electron chi connectivity index (χ4n) is 1.75. The average Bonchev–Trinajstić information content (AvgIpc) is 2.31. The minimum atomic E-state index is -0.0453. The van der Waals surface area contributed by atoms with Gasteiger partial charge in [0.15, 0.2) is 0 Å². The second-order valence-corrected chi connectivity index (χ2v) is 4.22. The van der Waals surface area contributed by atoms with Gasteiger partial charge in [0.25, 0.3) is 0 Å². The van der Waals surface area contributed by atoms with E-state index in [-0.39, 0.29) is 6.04 Å². The van der Waals surface area contributed by atoms with Crippen LogP contribution in [-0.4, -0.2) is 0 Å². The Kier molecular flexibility index (Phi) is 3.60. The zero-order chi connectivity index (χ0) is 11.4. The van der Waals surface area contributed by atoms with Gasteiger partial charge in [-0.25, -0.2) is 0 Å². The summed E-state index contributed by atoms with van der Waals surface area (Å²) in [5.74, 6) is 0. The summed E-state index contributed by atoms with van der Waals surface area (Å²) >= 11 is 6.11. The first-order valence-electron chi connectivity index (χ1n) is 5.31. The normalized spacial score (nSPS) is 12.4. The smallest absolute Gasteiger partial charge is 0.0453 e. The number of rotatable bonds is 3. The Labute approximate surface area is 101 Å². The van der Waals surface area contributed by atoms with Crippen LogP contribution in [0.2, 0.25) is 5.02 Å². The van der Waals surface area contributed by atoms with Crippen LogP contribution < -0.4 is 5.73 Å². The zero-order valence-electron chi connectivity index (χ0n) is 8.94. The molecule has 2 N–H and O–H groups in total. The summed E-state index contributed by atoms with van der Waals surface area (Å²) in [6.07, 6.45) is 0.810. The molecule has 0 saturated heterocycles. The van der Waals surface area contributed by atoms with Gasteiger partial charge in [-0.1, -0.05) is 60.1 Å². The van der Waals surface area contributed by atoms with E-state index in [1.165, 1.54) is 5.56 Å². The molecule has 0 radical (unpaired) electrons. The molecule has 0 heterocycles. The van der Waals surface area contributed by atoms with Gasteiger partial charge >= 0.3 is 0 Å². The monoisotopic (exact) mass is 231 g/mol. The molecule has 0 aliphatic heterocycles. The van der Waals surface area contributed by atoms with Gasteiger partial charge < -0.3 is 5.73 Å². The van der Waals surface area contributed by atoms with Crippen molar-refractivity contribution in [2.24, 2.45) is 5.73 Å². The van der Waals surface area contributed by atoms with Crippen molar-refractivity contribution in [3.8, 4) is 0 Å². The van der Waals surface area contributed by atoms with Crippen molar-refractivity contribution in [1.82, 2.24) is 0 Å². The van der Waals surface area contributed by atoms with E-state index in [1.54, 1.807) is 0 Å². The first kappa shape index (κ1) is 11.2. The standard InChI is InChI=1S/C14H14ClN/c15-13-9-5-4-8-12(13)14(16)10-11-6-2-1-3-7-11/h1-9,14H,10,16H2/t14-/m1/s1. The molecule has 0 spiro atoms. The average molecular weight is 232 g/mol. The van der Waals surface area contributed by atoms with Crippen molar-refractivity contribution < 1.29 is 0 Å². The Morgan fingerprint density at radius 2 is 1.56 bits per heavy atom. The van der Waals surface area contributed by atoms with Crippen molar-refractivity contribution in [3.05, 3.63) is 70.7 Å². The molecule has 2 rings (SSSR count). The van der Waals surface area contributed by atoms with Gasteiger partial charge in [-0.3, -0.25) is 0 Å². The fourth-order valence-corrected chi connectivity index (χ4v) is 2.03. The van der Waals surface area contributed by atoms with Crippen LogP contribution in [0.3, 0.4) is 0 Å². The van der Waals surface area contributed by atoms with Crippen LogP contribution in [0.5, 0.6) is 0 Å². The maximum absolute atomic E-state index is 6.14. The van der Waals surface area contributed by atoms with Crippen LogP contribution in [0.25, 0.3) is 0 Å². The van der Waals surface area contributed by atoms with Crippen LogP contribution >= 0.6 is 11.6 Å². The van der Waals surface area contributed by atoms with E-state index in [4.69, 9.17) is 17.3 Å². The van der Waals surface area contributed by atoms with Crippen LogP contribution in [0.1, 0.15) is 17.2 Å². The summed E-state index contributed by atoms with van der Waals surface area (Å²) in [5.41, 5.74) is 8.38. The van der Waals surface area contributed by atoms with Crippen molar-refractivity contribution in [2.75, 3.05) is 0 Å². The first-order chi connectivity index (χ1) is 7.77. The summed E-state index contributed by atoms with van der Waals surface area (Å²) in [5, 5.41) is 0.742. The Hall–Kier alpha value is -1.31. The lowest BCUT2D eigenvalue weighted by Crippen LogP contribution is -2.13. The zero-order valence-corrected chi connectivity index (χ0v) is 9.69. The van der Waals surface area contributed by atoms with Crippen molar-refractivity contribution in [2.45, 2.75) is 12.5 Å². The van der Waals surface area contributed by atoms with E-state index in [2.05, 4.69) is 12.1 Å². The second-order valence-electron chi connectivity index (χ2n) is 3.82. The van der Waals surface area contributed by atoms with Crippen molar-refractivity contribution in [1.29, 1.82) is 0 Å². The number of hydrogen-bond acceptors (Lipinski definition) is 1. The molecule has 0 amide bonds. The van der Waals surface area contributed by atoms with E-state index in [1.807, 2.05) is 42.5 Å². The van der Waals surface area contributed by atoms with E-state index < -0.39 is 0 Å². The van der Waals surface area contributed by atoms with E-state index in [0.29, 0.717) is 0 Å². The highest BCUT2D eigenvalue weighted by atomic mass is 35.5. The number of hydrogen-bond donors (Lipinski definition) is 1. The lowest BCUT2D eigenvalue weighted by molar-refractivity contribution is 0.722. The fraction of sp³-hybridized carbons (Fsp3) is 0.143. The highest BCUT2D eigenvalue weighted by Gasteiger charge is 2.09. The molecular weight excluding hydrogens is 218 g/mol. The quantitative estimate of drug-likeness (QED) is 0.859. The van der Waals surface area contributed by atoms with Gasteiger partial charge in [-0.15, -0.1) is 0 Å². The van der Waals surface area contributed by atoms with Crippen LogP contribution in [0.4, 0.5) is 0 Å². The third-order valence-electron chi connectivity index (χ3n) is 2.60. The molecule has 2 aromatic rings. The Morgan fingerprint density at radius 3 is 2.25 bits per heavy atom. The lowest BCUT2D eigenvalue weighted by Gasteiger charge is -2.13. The molecule has 0 aromatic heterocycles. The lowest BCUT2D eigenvalue weighted by atomic mass is 10.00. The summed E-state index contributed by atoms with van der Waals surface area (Å²) in [6, 6.07) is 17.9. The maximum atomic E-state index is 6.14. The summed E-state index contributed by atoms with van der Waals surface area (Å²) in [6.45, 7) is 0. The van der Waals surface area contributed by atoms with Gasteiger partial charge in [0.1, 0.15) is 0 Å². The van der Waals surface area contributed by atoms with Crippen LogP contribution in [0.15, 0.2) is 54.6 Å². The minimum absolute atomic E-state index is 0.0453. The number of benzene rings is 2. The van der Waals surface area contributed by atoms with Gasteiger partial charge in [-0.2, -0.15) is 0 Å². The van der Waals surface area contributed by atoms with Gasteiger partial charge in [0.2, 0.25) is 0 Å². The Balaban J connectivity index is 2.15. The van der Waals surface area contributed by atoms with Crippen molar-refractivity contribution in [3.63, 3.8) is 0 Å². The molecule has 0 fully saturated rings. The SMILES string of the molecule is N[C@H](Cc1ccccc1)c1ccccc1Cl. The Bertz CT molecular complexity index is 453. The highest BCUT2D eigenvalue weighted by Crippen LogP contribution is 2.23. The van der Waals surface area contributed by atoms with Gasteiger partial charge in [-0.05, 0) is 23.6 Å². The first-order valence-corrected chi connectivity index (χ1v) is 5.69.